The first kappa shape index (κ1) is 13.8. The van der Waals surface area contributed by atoms with Crippen LogP contribution >= 0.6 is 0 Å². The molecule has 0 saturated carbocycles. The largest absolute Gasteiger partial charge is 0.465 e. The molecule has 2 aromatic carbocycles. The van der Waals surface area contributed by atoms with E-state index in [1.165, 1.54) is 0 Å². The Hall–Kier alpha value is -2.82. The van der Waals surface area contributed by atoms with Gasteiger partial charge in [0.2, 0.25) is 5.91 Å². The molecule has 2 heterocycles. The van der Waals surface area contributed by atoms with Gasteiger partial charge in [0.15, 0.2) is 11.7 Å². The molecular weight excluding hydrogens is 294 g/mol. The molecule has 0 spiro atoms. The Morgan fingerprint density at radius 3 is 2.61 bits per heavy atom. The van der Waals surface area contributed by atoms with Crippen molar-refractivity contribution in [2.75, 3.05) is 11.5 Å². The smallest absolute Gasteiger partial charge is 0.321 e. The van der Waals surface area contributed by atoms with E-state index in [0.717, 1.165) is 5.56 Å². The van der Waals surface area contributed by atoms with Crippen molar-refractivity contribution >= 4 is 17.6 Å². The van der Waals surface area contributed by atoms with E-state index in [9.17, 15) is 9.59 Å². The minimum Gasteiger partial charge on any atom is -0.465 e. The monoisotopic (exact) mass is 309 g/mol. The van der Waals surface area contributed by atoms with E-state index in [1.54, 1.807) is 11.8 Å². The molecule has 0 unspecified atom stereocenters. The molecule has 116 valence electrons. The van der Waals surface area contributed by atoms with Gasteiger partial charge in [-0.3, -0.25) is 14.5 Å². The van der Waals surface area contributed by atoms with Crippen LogP contribution in [0.3, 0.4) is 0 Å². The quantitative estimate of drug-likeness (QED) is 0.486. The van der Waals surface area contributed by atoms with Crippen molar-refractivity contribution in [3.63, 3.8) is 0 Å². The Kier molecular flexibility index (Phi) is 3.08. The summed E-state index contributed by atoms with van der Waals surface area (Å²) in [5.41, 5.74) is 1.50. The molecule has 0 aliphatic carbocycles. The van der Waals surface area contributed by atoms with Gasteiger partial charge in [0.25, 0.3) is 0 Å². The summed E-state index contributed by atoms with van der Waals surface area (Å²) in [5, 5.41) is 0. The van der Waals surface area contributed by atoms with Crippen LogP contribution in [0.15, 0.2) is 48.5 Å². The van der Waals surface area contributed by atoms with Crippen LogP contribution in [0.4, 0.5) is 5.69 Å². The maximum atomic E-state index is 12.6. The Morgan fingerprint density at radius 1 is 1.13 bits per heavy atom. The second kappa shape index (κ2) is 5.12. The molecule has 2 aromatic rings. The number of hydrogen-bond acceptors (Lipinski definition) is 4. The Labute approximate surface area is 133 Å². The zero-order valence-corrected chi connectivity index (χ0v) is 12.6. The third-order valence-electron chi connectivity index (χ3n) is 4.22. The van der Waals surface area contributed by atoms with Crippen LogP contribution in [0.1, 0.15) is 18.5 Å². The number of nitrogens with zero attached hydrogens (tertiary/aromatic N) is 1. The third kappa shape index (κ3) is 1.93. The highest BCUT2D eigenvalue weighted by atomic mass is 16.5. The molecule has 0 aromatic heterocycles. The lowest BCUT2D eigenvalue weighted by molar-refractivity contribution is -0.157. The van der Waals surface area contributed by atoms with Gasteiger partial charge < -0.3 is 9.47 Å². The van der Waals surface area contributed by atoms with E-state index in [4.69, 9.17) is 9.47 Å². The minimum absolute atomic E-state index is 0.249. The number of carbonyl (C=O) groups is 2. The average Bonchev–Trinajstić information content (AvgIpc) is 2.67. The summed E-state index contributed by atoms with van der Waals surface area (Å²) >= 11 is 0. The van der Waals surface area contributed by atoms with Crippen molar-refractivity contribution in [2.24, 2.45) is 5.92 Å². The van der Waals surface area contributed by atoms with Crippen LogP contribution in [-0.2, 0) is 14.3 Å². The second-order valence-electron chi connectivity index (χ2n) is 5.49. The summed E-state index contributed by atoms with van der Waals surface area (Å²) in [4.78, 5) is 26.4. The van der Waals surface area contributed by atoms with Crippen LogP contribution in [0.25, 0.3) is 0 Å². The topological polar surface area (TPSA) is 55.8 Å². The zero-order valence-electron chi connectivity index (χ0n) is 12.6. The summed E-state index contributed by atoms with van der Waals surface area (Å²) in [6, 6.07) is 14.4. The van der Waals surface area contributed by atoms with Gasteiger partial charge >= 0.3 is 5.97 Å². The maximum Gasteiger partial charge on any atom is 0.321 e. The lowest BCUT2D eigenvalue weighted by Crippen LogP contribution is -2.58. The zero-order chi connectivity index (χ0) is 16.0. The van der Waals surface area contributed by atoms with Gasteiger partial charge in [-0.25, -0.2) is 0 Å². The summed E-state index contributed by atoms with van der Waals surface area (Å²) in [5.74, 6) is -0.271. The number of fused-ring (bicyclic) bond motifs is 5. The molecule has 2 aliphatic heterocycles. The van der Waals surface area contributed by atoms with Gasteiger partial charge in [0.05, 0.1) is 18.3 Å². The van der Waals surface area contributed by atoms with Crippen LogP contribution in [0, 0.1) is 5.92 Å². The fourth-order valence-electron chi connectivity index (χ4n) is 3.22. The van der Waals surface area contributed by atoms with Crippen LogP contribution in [-0.4, -0.2) is 18.5 Å². The molecule has 5 heteroatoms. The highest BCUT2D eigenvalue weighted by Crippen LogP contribution is 2.52. The number of esters is 1. The molecule has 0 radical (unpaired) electrons. The van der Waals surface area contributed by atoms with E-state index in [-0.39, 0.29) is 18.6 Å². The molecule has 1 amide bonds. The van der Waals surface area contributed by atoms with Crippen LogP contribution in [0.5, 0.6) is 11.5 Å². The number of β-lactam (4-membered cyclic amide) rings is 1. The molecule has 2 atom stereocenters. The summed E-state index contributed by atoms with van der Waals surface area (Å²) < 4.78 is 11.1. The molecule has 4 rings (SSSR count). The molecule has 5 nitrogen and oxygen atoms in total. The van der Waals surface area contributed by atoms with Crippen molar-refractivity contribution in [2.45, 2.75) is 13.0 Å². The predicted octanol–water partition coefficient (Wildman–Crippen LogP) is 3.06. The molecule has 2 aliphatic rings. The molecular formula is C18H15NO4. The highest BCUT2D eigenvalue weighted by molar-refractivity contribution is 6.15. The summed E-state index contributed by atoms with van der Waals surface area (Å²) in [6.45, 7) is 1.99. The van der Waals surface area contributed by atoms with E-state index < -0.39 is 11.9 Å². The van der Waals surface area contributed by atoms with Gasteiger partial charge in [-0.1, -0.05) is 30.3 Å². The number of rotatable bonds is 2. The van der Waals surface area contributed by atoms with Crippen molar-refractivity contribution in [1.29, 1.82) is 0 Å². The normalized spacial score (nSPS) is 21.1. The lowest BCUT2D eigenvalue weighted by atomic mass is 9.81. The van der Waals surface area contributed by atoms with Crippen molar-refractivity contribution < 1.29 is 19.1 Å². The fraction of sp³-hybridized carbons (Fsp3) is 0.222. The van der Waals surface area contributed by atoms with E-state index in [2.05, 4.69) is 0 Å². The number of carbonyl (C=O) groups excluding carboxylic acids is 2. The Bertz CT molecular complexity index is 801. The SMILES string of the molecule is CCOC(=O)[C@@H]1C(=O)N2c3ccccc3Oc3ccccc3[C@@H]12. The molecule has 1 saturated heterocycles. The minimum atomic E-state index is -0.814. The standard InChI is InChI=1S/C18H15NO4/c1-2-22-18(21)15-16-11-7-3-5-9-13(11)23-14-10-6-4-8-12(14)19(16)17(15)20/h3-10,15-16H,2H2,1H3/t15-,16-/m0/s1. The lowest BCUT2D eigenvalue weighted by Gasteiger charge is -2.44. The first-order chi connectivity index (χ1) is 11.2. The number of benzene rings is 2. The summed E-state index contributed by atoms with van der Waals surface area (Å²) in [6.07, 6.45) is 0. The van der Waals surface area contributed by atoms with Crippen molar-refractivity contribution in [1.82, 2.24) is 0 Å². The number of hydrogen-bond donors (Lipinski definition) is 0. The van der Waals surface area contributed by atoms with Crippen LogP contribution < -0.4 is 9.64 Å². The Balaban J connectivity index is 1.86. The van der Waals surface area contributed by atoms with Gasteiger partial charge in [-0.05, 0) is 25.1 Å². The fourth-order valence-corrected chi connectivity index (χ4v) is 3.22. The Morgan fingerprint density at radius 2 is 1.83 bits per heavy atom. The van der Waals surface area contributed by atoms with Gasteiger partial charge in [-0.2, -0.15) is 0 Å². The summed E-state index contributed by atoms with van der Waals surface area (Å²) in [7, 11) is 0. The first-order valence-electron chi connectivity index (χ1n) is 7.58. The van der Waals surface area contributed by atoms with Gasteiger partial charge in [0, 0.05) is 5.56 Å². The third-order valence-corrected chi connectivity index (χ3v) is 4.22. The van der Waals surface area contributed by atoms with Gasteiger partial charge in [-0.15, -0.1) is 0 Å². The highest BCUT2D eigenvalue weighted by Gasteiger charge is 2.56. The maximum absolute atomic E-state index is 12.6. The molecule has 0 bridgehead atoms. The number of para-hydroxylation sites is 3. The van der Waals surface area contributed by atoms with Crippen molar-refractivity contribution in [3.8, 4) is 11.5 Å². The first-order valence-corrected chi connectivity index (χ1v) is 7.58. The van der Waals surface area contributed by atoms with E-state index in [0.29, 0.717) is 17.2 Å². The number of amides is 1. The molecule has 23 heavy (non-hydrogen) atoms. The van der Waals surface area contributed by atoms with E-state index in [1.807, 2.05) is 48.5 Å². The predicted molar refractivity (Wildman–Crippen MR) is 83.3 cm³/mol. The van der Waals surface area contributed by atoms with E-state index >= 15 is 0 Å². The van der Waals surface area contributed by atoms with Crippen molar-refractivity contribution in [3.05, 3.63) is 54.1 Å². The van der Waals surface area contributed by atoms with Crippen LogP contribution in [0.2, 0.25) is 0 Å². The average molecular weight is 309 g/mol. The second-order valence-corrected chi connectivity index (χ2v) is 5.49. The van der Waals surface area contributed by atoms with Gasteiger partial charge in [0.1, 0.15) is 5.75 Å². The molecule has 1 fully saturated rings. The number of anilines is 1. The molecule has 0 N–H and O–H groups in total. The number of ether oxygens (including phenoxy) is 2.